The highest BCUT2D eigenvalue weighted by Gasteiger charge is 2.23. The maximum atomic E-state index is 12.4. The van der Waals surface area contributed by atoms with E-state index in [1.807, 2.05) is 11.0 Å². The van der Waals surface area contributed by atoms with Crippen molar-refractivity contribution >= 4 is 55.0 Å². The predicted molar refractivity (Wildman–Crippen MR) is 82.3 cm³/mol. The largest absolute Gasteiger partial charge is 0.349 e. The van der Waals surface area contributed by atoms with Crippen molar-refractivity contribution in [3.8, 4) is 0 Å². The van der Waals surface area contributed by atoms with E-state index in [2.05, 4.69) is 32.9 Å². The molecular formula is C12H13BrClN3OS. The first-order chi connectivity index (χ1) is 9.06. The molecule has 0 bridgehead atoms. The first-order valence-electron chi connectivity index (χ1n) is 6.00. The fourth-order valence-electron chi connectivity index (χ4n) is 2.21. The smallest absolute Gasteiger partial charge is 0.270 e. The van der Waals surface area contributed by atoms with Gasteiger partial charge in [0.05, 0.1) is 14.7 Å². The quantitative estimate of drug-likeness (QED) is 0.847. The second-order valence-electron chi connectivity index (χ2n) is 4.71. The van der Waals surface area contributed by atoms with E-state index in [9.17, 15) is 4.79 Å². The van der Waals surface area contributed by atoms with Crippen molar-refractivity contribution in [2.24, 2.45) is 0 Å². The van der Waals surface area contributed by atoms with E-state index in [0.717, 1.165) is 40.9 Å². The van der Waals surface area contributed by atoms with Gasteiger partial charge in [0.25, 0.3) is 5.91 Å². The first kappa shape index (κ1) is 13.4. The lowest BCUT2D eigenvalue weighted by Crippen LogP contribution is -2.47. The number of halogens is 2. The van der Waals surface area contributed by atoms with Gasteiger partial charge in [0.1, 0.15) is 10.0 Å². The van der Waals surface area contributed by atoms with Gasteiger partial charge in [-0.05, 0) is 29.0 Å². The van der Waals surface area contributed by atoms with Crippen LogP contribution < -0.4 is 0 Å². The average Bonchev–Trinajstić information content (AvgIpc) is 2.91. The molecule has 1 amide bonds. The summed E-state index contributed by atoms with van der Waals surface area (Å²) in [6.07, 6.45) is 0. The number of aromatic nitrogens is 1. The van der Waals surface area contributed by atoms with Gasteiger partial charge in [-0.2, -0.15) is 0 Å². The van der Waals surface area contributed by atoms with Gasteiger partial charge in [-0.1, -0.05) is 11.6 Å². The van der Waals surface area contributed by atoms with Gasteiger partial charge in [0.2, 0.25) is 0 Å². The number of likely N-dealkylation sites (N-methyl/N-ethyl adjacent to an activating group) is 1. The van der Waals surface area contributed by atoms with Gasteiger partial charge in [0, 0.05) is 26.2 Å². The molecule has 0 spiro atoms. The molecule has 3 heterocycles. The zero-order valence-corrected chi connectivity index (χ0v) is 13.5. The lowest BCUT2D eigenvalue weighted by molar-refractivity contribution is 0.0659. The molecule has 3 rings (SSSR count). The van der Waals surface area contributed by atoms with E-state index in [1.54, 1.807) is 0 Å². The van der Waals surface area contributed by atoms with Gasteiger partial charge >= 0.3 is 0 Å². The summed E-state index contributed by atoms with van der Waals surface area (Å²) in [5.41, 5.74) is 1.55. The van der Waals surface area contributed by atoms with Crippen LogP contribution in [0.4, 0.5) is 0 Å². The van der Waals surface area contributed by atoms with Crippen LogP contribution in [-0.4, -0.2) is 53.9 Å². The predicted octanol–water partition coefficient (Wildman–Crippen LogP) is 3.03. The minimum Gasteiger partial charge on any atom is -0.349 e. The topological polar surface area (TPSA) is 39.3 Å². The van der Waals surface area contributed by atoms with Gasteiger partial charge in [-0.3, -0.25) is 4.79 Å². The molecule has 2 aromatic heterocycles. The van der Waals surface area contributed by atoms with Crippen LogP contribution >= 0.6 is 38.9 Å². The summed E-state index contributed by atoms with van der Waals surface area (Å²) >= 11 is 10.9. The van der Waals surface area contributed by atoms with Crippen LogP contribution in [0, 0.1) is 0 Å². The molecule has 4 nitrogen and oxygen atoms in total. The van der Waals surface area contributed by atoms with Crippen molar-refractivity contribution < 1.29 is 4.79 Å². The van der Waals surface area contributed by atoms with Crippen LogP contribution in [-0.2, 0) is 0 Å². The lowest BCUT2D eigenvalue weighted by Gasteiger charge is -2.32. The average molecular weight is 363 g/mol. The highest BCUT2D eigenvalue weighted by molar-refractivity contribution is 9.10. The molecule has 7 heteroatoms. The monoisotopic (exact) mass is 361 g/mol. The Morgan fingerprint density at radius 2 is 2.11 bits per heavy atom. The van der Waals surface area contributed by atoms with Crippen LogP contribution in [0.1, 0.15) is 10.5 Å². The maximum absolute atomic E-state index is 12.4. The standard InChI is InChI=1S/C12H13BrClN3OS/c1-16-2-4-17(5-3-16)12(18)7-6-8-10(15-7)9(13)11(14)19-8/h6,15H,2-5H2,1H3. The highest BCUT2D eigenvalue weighted by Crippen LogP contribution is 2.39. The summed E-state index contributed by atoms with van der Waals surface area (Å²) < 4.78 is 2.56. The van der Waals surface area contributed by atoms with Crippen LogP contribution in [0.15, 0.2) is 10.5 Å². The number of rotatable bonds is 1. The number of carbonyl (C=O) groups excluding carboxylic acids is 1. The number of fused-ring (bicyclic) bond motifs is 1. The molecule has 0 aromatic carbocycles. The number of carbonyl (C=O) groups is 1. The third-order valence-corrected chi connectivity index (χ3v) is 6.02. The molecule has 0 radical (unpaired) electrons. The van der Waals surface area contributed by atoms with Gasteiger partial charge in [0.15, 0.2) is 0 Å². The fourth-order valence-corrected chi connectivity index (χ4v) is 4.06. The number of amides is 1. The second-order valence-corrected chi connectivity index (χ2v) is 7.15. The summed E-state index contributed by atoms with van der Waals surface area (Å²) in [5, 5.41) is 0. The summed E-state index contributed by atoms with van der Waals surface area (Å²) in [6.45, 7) is 3.42. The molecule has 1 N–H and O–H groups in total. The van der Waals surface area contributed by atoms with Crippen LogP contribution in [0.3, 0.4) is 0 Å². The zero-order chi connectivity index (χ0) is 13.6. The Balaban J connectivity index is 1.85. The summed E-state index contributed by atoms with van der Waals surface area (Å²) in [4.78, 5) is 19.7. The molecule has 102 valence electrons. The summed E-state index contributed by atoms with van der Waals surface area (Å²) in [5.74, 6) is 0.0690. The van der Waals surface area contributed by atoms with Gasteiger partial charge in [-0.25, -0.2) is 0 Å². The number of hydrogen-bond donors (Lipinski definition) is 1. The summed E-state index contributed by atoms with van der Waals surface area (Å²) in [7, 11) is 2.07. The number of thiophene rings is 1. The van der Waals surface area contributed by atoms with E-state index in [1.165, 1.54) is 11.3 Å². The molecule has 1 saturated heterocycles. The molecule has 1 aliphatic rings. The fraction of sp³-hybridized carbons (Fsp3) is 0.417. The number of nitrogens with one attached hydrogen (secondary N) is 1. The molecule has 0 aliphatic carbocycles. The van der Waals surface area contributed by atoms with Crippen molar-refractivity contribution in [2.45, 2.75) is 0 Å². The zero-order valence-electron chi connectivity index (χ0n) is 10.4. The van der Waals surface area contributed by atoms with Crippen LogP contribution in [0.5, 0.6) is 0 Å². The number of piperazine rings is 1. The Morgan fingerprint density at radius 3 is 2.74 bits per heavy atom. The molecule has 1 fully saturated rings. The lowest BCUT2D eigenvalue weighted by atomic mass is 10.3. The number of hydrogen-bond acceptors (Lipinski definition) is 3. The van der Waals surface area contributed by atoms with E-state index in [0.29, 0.717) is 10.0 Å². The minimum atomic E-state index is 0.0690. The maximum Gasteiger partial charge on any atom is 0.270 e. The second kappa shape index (κ2) is 5.09. The molecule has 0 unspecified atom stereocenters. The van der Waals surface area contributed by atoms with E-state index in [4.69, 9.17) is 11.6 Å². The SMILES string of the molecule is CN1CCN(C(=O)c2cc3sc(Cl)c(Br)c3[nH]2)CC1. The van der Waals surface area contributed by atoms with E-state index < -0.39 is 0 Å². The third-order valence-electron chi connectivity index (χ3n) is 3.39. The molecule has 0 saturated carbocycles. The van der Waals surface area contributed by atoms with Crippen LogP contribution in [0.25, 0.3) is 10.2 Å². The summed E-state index contributed by atoms with van der Waals surface area (Å²) in [6, 6.07) is 1.89. The van der Waals surface area contributed by atoms with Crippen molar-refractivity contribution in [2.75, 3.05) is 33.2 Å². The Bertz CT molecular complexity index is 630. The van der Waals surface area contributed by atoms with Crippen molar-refractivity contribution in [1.82, 2.24) is 14.8 Å². The number of nitrogens with zero attached hydrogens (tertiary/aromatic N) is 2. The Morgan fingerprint density at radius 1 is 1.42 bits per heavy atom. The van der Waals surface area contributed by atoms with E-state index in [-0.39, 0.29) is 5.91 Å². The molecule has 2 aromatic rings. The number of aromatic amines is 1. The van der Waals surface area contributed by atoms with Crippen LogP contribution in [0.2, 0.25) is 4.34 Å². The van der Waals surface area contributed by atoms with E-state index >= 15 is 0 Å². The van der Waals surface area contributed by atoms with Gasteiger partial charge < -0.3 is 14.8 Å². The molecular weight excluding hydrogens is 350 g/mol. The third kappa shape index (κ3) is 2.42. The Kier molecular flexibility index (Phi) is 3.59. The number of H-pyrrole nitrogens is 1. The highest BCUT2D eigenvalue weighted by atomic mass is 79.9. The normalized spacial score (nSPS) is 17.3. The van der Waals surface area contributed by atoms with Crippen molar-refractivity contribution in [3.63, 3.8) is 0 Å². The molecule has 0 atom stereocenters. The van der Waals surface area contributed by atoms with Crippen molar-refractivity contribution in [3.05, 3.63) is 20.6 Å². The molecule has 19 heavy (non-hydrogen) atoms. The van der Waals surface area contributed by atoms with Crippen molar-refractivity contribution in [1.29, 1.82) is 0 Å². The first-order valence-corrected chi connectivity index (χ1v) is 7.99. The molecule has 1 aliphatic heterocycles. The van der Waals surface area contributed by atoms with Gasteiger partial charge in [-0.15, -0.1) is 11.3 Å². The Labute approximate surface area is 128 Å². The Hall–Kier alpha value is -0.560. The minimum absolute atomic E-state index is 0.0690.